The molecule has 1 aliphatic heterocycles. The molecule has 2 amide bonds. The monoisotopic (exact) mass is 398 g/mol. The Morgan fingerprint density at radius 1 is 0.833 bits per heavy atom. The Morgan fingerprint density at radius 3 is 2.17 bits per heavy atom. The Hall–Kier alpha value is -3.40. The number of hydrogen-bond donors (Lipinski definition) is 0. The molecule has 152 valence electrons. The van der Waals surface area contributed by atoms with Crippen LogP contribution in [-0.4, -0.2) is 34.7 Å². The summed E-state index contributed by atoms with van der Waals surface area (Å²) >= 11 is 0. The van der Waals surface area contributed by atoms with Gasteiger partial charge in [-0.1, -0.05) is 78.9 Å². The smallest absolute Gasteiger partial charge is 0.254 e. The van der Waals surface area contributed by atoms with Crippen LogP contribution in [0.5, 0.6) is 0 Å². The Balaban J connectivity index is 1.41. The number of benzene rings is 3. The van der Waals surface area contributed by atoms with Gasteiger partial charge in [-0.3, -0.25) is 9.59 Å². The van der Waals surface area contributed by atoms with E-state index in [9.17, 15) is 9.59 Å². The average Bonchev–Trinajstić information content (AvgIpc) is 3.10. The normalized spacial score (nSPS) is 12.7. The lowest BCUT2D eigenvalue weighted by atomic mass is 10.1. The zero-order valence-corrected chi connectivity index (χ0v) is 17.0. The van der Waals surface area contributed by atoms with Crippen molar-refractivity contribution in [3.63, 3.8) is 0 Å². The van der Waals surface area contributed by atoms with Crippen LogP contribution in [-0.2, 0) is 24.3 Å². The van der Waals surface area contributed by atoms with E-state index in [1.807, 2.05) is 77.7 Å². The van der Waals surface area contributed by atoms with Crippen molar-refractivity contribution in [1.82, 2.24) is 9.80 Å². The van der Waals surface area contributed by atoms with Gasteiger partial charge in [0.15, 0.2) is 0 Å². The minimum atomic E-state index is -0.0529. The van der Waals surface area contributed by atoms with Gasteiger partial charge in [0.1, 0.15) is 6.54 Å². The number of rotatable bonds is 8. The Labute approximate surface area is 177 Å². The second-order valence-corrected chi connectivity index (χ2v) is 7.71. The Kier molecular flexibility index (Phi) is 6.23. The number of aryl methyl sites for hydroxylation is 1. The van der Waals surface area contributed by atoms with Gasteiger partial charge in [0.25, 0.3) is 5.91 Å². The molecular formula is C26H26N2O2. The molecule has 0 fully saturated rings. The minimum absolute atomic E-state index is 0.00642. The average molecular weight is 399 g/mol. The number of nitrogens with zero attached hydrogens (tertiary/aromatic N) is 2. The molecular weight excluding hydrogens is 372 g/mol. The van der Waals surface area contributed by atoms with Gasteiger partial charge in [0.05, 0.1) is 0 Å². The largest absolute Gasteiger partial charge is 0.337 e. The summed E-state index contributed by atoms with van der Waals surface area (Å²) in [6, 6.07) is 27.9. The molecule has 3 aromatic rings. The first-order valence-corrected chi connectivity index (χ1v) is 10.4. The van der Waals surface area contributed by atoms with Crippen molar-refractivity contribution in [2.75, 3.05) is 13.1 Å². The van der Waals surface area contributed by atoms with Gasteiger partial charge in [-0.15, -0.1) is 0 Å². The molecule has 0 N–H and O–H groups in total. The third kappa shape index (κ3) is 4.77. The molecule has 1 aliphatic rings. The first-order valence-electron chi connectivity index (χ1n) is 10.4. The molecule has 30 heavy (non-hydrogen) atoms. The second kappa shape index (κ2) is 9.40. The van der Waals surface area contributed by atoms with Crippen LogP contribution in [0.4, 0.5) is 0 Å². The highest BCUT2D eigenvalue weighted by molar-refractivity contribution is 6.00. The topological polar surface area (TPSA) is 40.6 Å². The summed E-state index contributed by atoms with van der Waals surface area (Å²) in [5.41, 5.74) is 4.08. The molecule has 0 spiro atoms. The van der Waals surface area contributed by atoms with Gasteiger partial charge in [0.2, 0.25) is 5.91 Å². The summed E-state index contributed by atoms with van der Waals surface area (Å²) in [5.74, 6) is -0.0593. The van der Waals surface area contributed by atoms with Crippen molar-refractivity contribution in [1.29, 1.82) is 0 Å². The molecule has 1 heterocycles. The van der Waals surface area contributed by atoms with Crippen molar-refractivity contribution in [3.8, 4) is 0 Å². The van der Waals surface area contributed by atoms with Gasteiger partial charge >= 0.3 is 0 Å². The van der Waals surface area contributed by atoms with Gasteiger partial charge < -0.3 is 9.80 Å². The third-order valence-corrected chi connectivity index (χ3v) is 5.53. The van der Waals surface area contributed by atoms with Crippen LogP contribution < -0.4 is 0 Å². The highest BCUT2D eigenvalue weighted by Gasteiger charge is 2.29. The molecule has 3 aromatic carbocycles. The number of amides is 2. The lowest BCUT2D eigenvalue weighted by molar-refractivity contribution is -0.132. The van der Waals surface area contributed by atoms with Gasteiger partial charge in [-0.05, 0) is 35.6 Å². The van der Waals surface area contributed by atoms with Crippen molar-refractivity contribution in [2.45, 2.75) is 25.9 Å². The number of fused-ring (bicyclic) bond motifs is 1. The SMILES string of the molecule is O=C(CN1Cc2ccccc2C1=O)N(CCCc1ccccc1)Cc1ccccc1. The number of hydrogen-bond acceptors (Lipinski definition) is 2. The maximum Gasteiger partial charge on any atom is 0.254 e. The fourth-order valence-corrected chi connectivity index (χ4v) is 3.92. The summed E-state index contributed by atoms with van der Waals surface area (Å²) in [4.78, 5) is 29.4. The van der Waals surface area contributed by atoms with E-state index >= 15 is 0 Å². The standard InChI is InChI=1S/C26H26N2O2/c29-25(20-28-19-23-15-7-8-16-24(23)26(28)30)27(18-22-12-5-2-6-13-22)17-9-14-21-10-3-1-4-11-21/h1-8,10-13,15-16H,9,14,17-20H2. The lowest BCUT2D eigenvalue weighted by Gasteiger charge is -2.26. The molecule has 4 heteroatoms. The first-order chi connectivity index (χ1) is 14.7. The van der Waals surface area contributed by atoms with Crippen LogP contribution in [0, 0.1) is 0 Å². The lowest BCUT2D eigenvalue weighted by Crippen LogP contribution is -2.40. The summed E-state index contributed by atoms with van der Waals surface area (Å²) in [5, 5.41) is 0. The summed E-state index contributed by atoms with van der Waals surface area (Å²) < 4.78 is 0. The molecule has 0 radical (unpaired) electrons. The van der Waals surface area contributed by atoms with Crippen LogP contribution in [0.3, 0.4) is 0 Å². The van der Waals surface area contributed by atoms with E-state index in [-0.39, 0.29) is 18.4 Å². The number of carbonyl (C=O) groups is 2. The highest BCUT2D eigenvalue weighted by Crippen LogP contribution is 2.22. The predicted octanol–water partition coefficient (Wildman–Crippen LogP) is 4.30. The van der Waals surface area contributed by atoms with Crippen molar-refractivity contribution in [3.05, 3.63) is 107 Å². The molecule has 0 aromatic heterocycles. The zero-order chi connectivity index (χ0) is 20.8. The third-order valence-electron chi connectivity index (χ3n) is 5.53. The maximum absolute atomic E-state index is 13.2. The minimum Gasteiger partial charge on any atom is -0.337 e. The van der Waals surface area contributed by atoms with E-state index < -0.39 is 0 Å². The van der Waals surface area contributed by atoms with Crippen molar-refractivity contribution < 1.29 is 9.59 Å². The molecule has 4 rings (SSSR count). The van der Waals surface area contributed by atoms with Crippen LogP contribution in [0.25, 0.3) is 0 Å². The van der Waals surface area contributed by atoms with Crippen LogP contribution in [0.15, 0.2) is 84.9 Å². The molecule has 0 saturated carbocycles. The molecule has 0 bridgehead atoms. The zero-order valence-electron chi connectivity index (χ0n) is 17.0. The fourth-order valence-electron chi connectivity index (χ4n) is 3.92. The molecule has 0 atom stereocenters. The van der Waals surface area contributed by atoms with E-state index in [1.54, 1.807) is 4.90 Å². The molecule has 0 unspecified atom stereocenters. The van der Waals surface area contributed by atoms with Crippen LogP contribution in [0.2, 0.25) is 0 Å². The summed E-state index contributed by atoms with van der Waals surface area (Å²) in [6.07, 6.45) is 1.81. The van der Waals surface area contributed by atoms with E-state index in [1.165, 1.54) is 5.56 Å². The first kappa shape index (κ1) is 19.9. The molecule has 0 aliphatic carbocycles. The number of carbonyl (C=O) groups excluding carboxylic acids is 2. The quantitative estimate of drug-likeness (QED) is 0.567. The van der Waals surface area contributed by atoms with E-state index in [0.29, 0.717) is 25.2 Å². The highest BCUT2D eigenvalue weighted by atomic mass is 16.2. The summed E-state index contributed by atoms with van der Waals surface area (Å²) in [6.45, 7) is 1.84. The van der Waals surface area contributed by atoms with Gasteiger partial charge in [-0.25, -0.2) is 0 Å². The van der Waals surface area contributed by atoms with E-state index in [2.05, 4.69) is 12.1 Å². The van der Waals surface area contributed by atoms with Gasteiger partial charge in [0, 0.05) is 25.2 Å². The molecule has 0 saturated heterocycles. The van der Waals surface area contributed by atoms with E-state index in [0.717, 1.165) is 24.0 Å². The van der Waals surface area contributed by atoms with Crippen LogP contribution >= 0.6 is 0 Å². The summed E-state index contributed by atoms with van der Waals surface area (Å²) in [7, 11) is 0. The predicted molar refractivity (Wildman–Crippen MR) is 118 cm³/mol. The fraction of sp³-hybridized carbons (Fsp3) is 0.231. The second-order valence-electron chi connectivity index (χ2n) is 7.71. The Bertz CT molecular complexity index is 1000. The van der Waals surface area contributed by atoms with Crippen LogP contribution in [0.1, 0.15) is 33.5 Å². The Morgan fingerprint density at radius 2 is 1.47 bits per heavy atom. The van der Waals surface area contributed by atoms with Gasteiger partial charge in [-0.2, -0.15) is 0 Å². The maximum atomic E-state index is 13.2. The van der Waals surface area contributed by atoms with E-state index in [4.69, 9.17) is 0 Å². The van der Waals surface area contributed by atoms with Crippen molar-refractivity contribution >= 4 is 11.8 Å². The molecule has 4 nitrogen and oxygen atoms in total. The van der Waals surface area contributed by atoms with Crippen molar-refractivity contribution in [2.24, 2.45) is 0 Å².